The third-order valence-electron chi connectivity index (χ3n) is 5.71. The molecule has 2 amide bonds. The lowest BCUT2D eigenvalue weighted by atomic mass is 9.98. The molecule has 2 aromatic carbocycles. The fourth-order valence-corrected chi connectivity index (χ4v) is 4.92. The topological polar surface area (TPSA) is 129 Å². The summed E-state index contributed by atoms with van der Waals surface area (Å²) < 4.78 is 5.51. The van der Waals surface area contributed by atoms with Crippen LogP contribution in [0.5, 0.6) is 0 Å². The number of benzene rings is 2. The van der Waals surface area contributed by atoms with Gasteiger partial charge in [-0.2, -0.15) is 0 Å². The number of aliphatic hydroxyl groups excluding tert-OH is 1. The van der Waals surface area contributed by atoms with E-state index in [-0.39, 0.29) is 37.9 Å². The number of carbonyl (C=O) groups excluding carboxylic acids is 2. The van der Waals surface area contributed by atoms with Gasteiger partial charge in [0, 0.05) is 30.8 Å². The van der Waals surface area contributed by atoms with Crippen LogP contribution in [0, 0.1) is 0 Å². The minimum absolute atomic E-state index is 0.0200. The van der Waals surface area contributed by atoms with Gasteiger partial charge in [-0.05, 0) is 22.3 Å². The number of amides is 2. The molecule has 0 aliphatic heterocycles. The molecule has 0 saturated heterocycles. The van der Waals surface area contributed by atoms with Crippen LogP contribution in [0.3, 0.4) is 0 Å². The molecule has 3 aromatic rings. The number of rotatable bonds is 10. The van der Waals surface area contributed by atoms with Crippen LogP contribution in [0.15, 0.2) is 53.9 Å². The number of hydrogen-bond donors (Lipinski definition) is 3. The Morgan fingerprint density at radius 1 is 1.06 bits per heavy atom. The van der Waals surface area contributed by atoms with Crippen LogP contribution < -0.4 is 5.32 Å². The van der Waals surface area contributed by atoms with E-state index in [1.165, 1.54) is 16.7 Å². The Bertz CT molecular complexity index is 1180. The first-order valence-corrected chi connectivity index (χ1v) is 12.0. The average molecular weight is 496 g/mol. The second-order valence-electron chi connectivity index (χ2n) is 7.97. The number of thiazole rings is 1. The molecule has 1 aliphatic carbocycles. The molecule has 1 heterocycles. The maximum atomic E-state index is 12.5. The third-order valence-corrected chi connectivity index (χ3v) is 6.61. The number of nitrogens with one attached hydrogen (secondary N) is 1. The highest BCUT2D eigenvalue weighted by atomic mass is 32.1. The summed E-state index contributed by atoms with van der Waals surface area (Å²) in [6, 6.07) is 16.2. The van der Waals surface area contributed by atoms with Gasteiger partial charge < -0.3 is 25.2 Å². The predicted octanol–water partition coefficient (Wildman–Crippen LogP) is 2.74. The van der Waals surface area contributed by atoms with Gasteiger partial charge >= 0.3 is 12.1 Å². The van der Waals surface area contributed by atoms with E-state index < -0.39 is 24.5 Å². The van der Waals surface area contributed by atoms with Gasteiger partial charge in [0.25, 0.3) is 5.91 Å². The van der Waals surface area contributed by atoms with E-state index in [0.29, 0.717) is 11.4 Å². The van der Waals surface area contributed by atoms with Crippen LogP contribution in [-0.2, 0) is 16.0 Å². The van der Waals surface area contributed by atoms with Gasteiger partial charge in [-0.3, -0.25) is 9.59 Å². The summed E-state index contributed by atoms with van der Waals surface area (Å²) in [7, 11) is 0. The minimum Gasteiger partial charge on any atom is -0.480 e. The van der Waals surface area contributed by atoms with E-state index >= 15 is 0 Å². The zero-order valence-electron chi connectivity index (χ0n) is 18.8. The minimum atomic E-state index is -1.17. The third kappa shape index (κ3) is 5.67. The highest BCUT2D eigenvalue weighted by molar-refractivity contribution is 7.09. The molecule has 4 rings (SSSR count). The lowest BCUT2D eigenvalue weighted by Gasteiger charge is -2.18. The predicted molar refractivity (Wildman–Crippen MR) is 130 cm³/mol. The molecule has 0 unspecified atom stereocenters. The first-order valence-electron chi connectivity index (χ1n) is 11.1. The van der Waals surface area contributed by atoms with Crippen LogP contribution in [0.2, 0.25) is 0 Å². The summed E-state index contributed by atoms with van der Waals surface area (Å²) in [5.41, 5.74) is 4.71. The molecule has 0 fully saturated rings. The Labute approximate surface area is 206 Å². The summed E-state index contributed by atoms with van der Waals surface area (Å²) in [6.07, 6.45) is -0.142. The van der Waals surface area contributed by atoms with Crippen molar-refractivity contribution in [2.45, 2.75) is 12.3 Å². The molecule has 0 radical (unpaired) electrons. The number of carboxylic acids is 1. The number of aliphatic carboxylic acids is 1. The first-order chi connectivity index (χ1) is 17.0. The molecule has 0 bridgehead atoms. The Morgan fingerprint density at radius 2 is 1.71 bits per heavy atom. The van der Waals surface area contributed by atoms with Crippen molar-refractivity contribution in [1.82, 2.24) is 15.2 Å². The Morgan fingerprint density at radius 3 is 2.34 bits per heavy atom. The number of aromatic nitrogens is 1. The summed E-state index contributed by atoms with van der Waals surface area (Å²) in [5.74, 6) is -1.75. The molecule has 1 aliphatic rings. The quantitative estimate of drug-likeness (QED) is 0.394. The van der Waals surface area contributed by atoms with E-state index in [0.717, 1.165) is 27.2 Å². The van der Waals surface area contributed by atoms with E-state index in [9.17, 15) is 14.4 Å². The zero-order valence-corrected chi connectivity index (χ0v) is 19.7. The van der Waals surface area contributed by atoms with Gasteiger partial charge in [-0.1, -0.05) is 48.5 Å². The van der Waals surface area contributed by atoms with Crippen molar-refractivity contribution >= 4 is 29.3 Å². The van der Waals surface area contributed by atoms with Gasteiger partial charge in [0.2, 0.25) is 0 Å². The van der Waals surface area contributed by atoms with Crippen LogP contribution in [-0.4, -0.2) is 70.9 Å². The molecule has 3 N–H and O–H groups in total. The Hall–Kier alpha value is -3.76. The lowest BCUT2D eigenvalue weighted by Crippen LogP contribution is -2.37. The van der Waals surface area contributed by atoms with Crippen molar-refractivity contribution in [3.8, 4) is 11.1 Å². The lowest BCUT2D eigenvalue weighted by molar-refractivity contribution is -0.137. The number of nitrogens with zero attached hydrogens (tertiary/aromatic N) is 2. The van der Waals surface area contributed by atoms with E-state index in [2.05, 4.69) is 34.6 Å². The second-order valence-corrected chi connectivity index (χ2v) is 8.92. The SMILES string of the molecule is O=C(O)CN(CCO)C(=O)c1csc(CCNC(=O)OCC2c3ccccc3-c3ccccc32)n1. The summed E-state index contributed by atoms with van der Waals surface area (Å²) in [6.45, 7) is -0.468. The van der Waals surface area contributed by atoms with Crippen LogP contribution in [0.4, 0.5) is 4.79 Å². The number of ether oxygens (including phenoxy) is 1. The molecule has 1 aromatic heterocycles. The van der Waals surface area contributed by atoms with Gasteiger partial charge in [-0.25, -0.2) is 9.78 Å². The molecule has 0 atom stereocenters. The van der Waals surface area contributed by atoms with E-state index in [1.807, 2.05) is 24.3 Å². The van der Waals surface area contributed by atoms with Crippen molar-refractivity contribution in [2.75, 3.05) is 32.8 Å². The van der Waals surface area contributed by atoms with Crippen LogP contribution in [0.25, 0.3) is 11.1 Å². The number of carbonyl (C=O) groups is 3. The summed E-state index contributed by atoms with van der Waals surface area (Å²) in [4.78, 5) is 41.0. The van der Waals surface area contributed by atoms with E-state index in [4.69, 9.17) is 14.9 Å². The molecular weight excluding hydrogens is 470 g/mol. The van der Waals surface area contributed by atoms with Crippen molar-refractivity contribution in [2.24, 2.45) is 0 Å². The highest BCUT2D eigenvalue weighted by Crippen LogP contribution is 2.44. The number of fused-ring (bicyclic) bond motifs is 3. The molecule has 0 spiro atoms. The fraction of sp³-hybridized carbons (Fsp3) is 0.280. The zero-order chi connectivity index (χ0) is 24.8. The Kier molecular flexibility index (Phi) is 7.74. The van der Waals surface area contributed by atoms with Crippen LogP contribution in [0.1, 0.15) is 32.5 Å². The molecule has 9 nitrogen and oxygen atoms in total. The summed E-state index contributed by atoms with van der Waals surface area (Å²) in [5, 5.41) is 22.9. The van der Waals surface area contributed by atoms with Crippen molar-refractivity contribution in [3.05, 3.63) is 75.7 Å². The Balaban J connectivity index is 1.27. The van der Waals surface area contributed by atoms with Crippen LogP contribution >= 0.6 is 11.3 Å². The standard InChI is InChI=1S/C25H25N3O6S/c29-12-11-28(13-23(30)31)24(32)21-15-35-22(27-21)9-10-26-25(33)34-14-20-18-7-3-1-5-16(18)17-6-2-4-8-19(17)20/h1-8,15,20,29H,9-14H2,(H,26,33)(H,30,31). The van der Waals surface area contributed by atoms with E-state index in [1.54, 1.807) is 0 Å². The van der Waals surface area contributed by atoms with Crippen molar-refractivity contribution in [3.63, 3.8) is 0 Å². The number of carboxylic acid groups (broad SMARTS) is 1. The average Bonchev–Trinajstić information content (AvgIpc) is 3.45. The maximum Gasteiger partial charge on any atom is 0.407 e. The molecule has 182 valence electrons. The monoisotopic (exact) mass is 495 g/mol. The van der Waals surface area contributed by atoms with Gasteiger partial charge in [0.1, 0.15) is 18.8 Å². The maximum absolute atomic E-state index is 12.5. The number of alkyl carbamates (subject to hydrolysis) is 1. The highest BCUT2D eigenvalue weighted by Gasteiger charge is 2.29. The van der Waals surface area contributed by atoms with Crippen molar-refractivity contribution in [1.29, 1.82) is 0 Å². The number of hydrogen-bond acceptors (Lipinski definition) is 7. The van der Waals surface area contributed by atoms with Gasteiger partial charge in [-0.15, -0.1) is 11.3 Å². The normalized spacial score (nSPS) is 12.0. The number of aliphatic hydroxyl groups is 1. The smallest absolute Gasteiger partial charge is 0.407 e. The molecule has 35 heavy (non-hydrogen) atoms. The van der Waals surface area contributed by atoms with Gasteiger partial charge in [0.05, 0.1) is 11.6 Å². The van der Waals surface area contributed by atoms with Crippen molar-refractivity contribution < 1.29 is 29.3 Å². The molecular formula is C25H25N3O6S. The molecule has 10 heteroatoms. The molecule has 0 saturated carbocycles. The fourth-order valence-electron chi connectivity index (χ4n) is 4.14. The largest absolute Gasteiger partial charge is 0.480 e. The second kappa shape index (κ2) is 11.1. The van der Waals surface area contributed by atoms with Gasteiger partial charge in [0.15, 0.2) is 0 Å². The summed E-state index contributed by atoms with van der Waals surface area (Å²) >= 11 is 1.24. The first kappa shape index (κ1) is 24.4.